The van der Waals surface area contributed by atoms with Crippen molar-refractivity contribution in [3.63, 3.8) is 0 Å². The standard InChI is InChI=1S/C20H24ClN5O2.C18H21ClN4O3.C17H19ClN4O3.C13H16ClNO3.C9H7ClO3/c1-12-9-18(25-20(22)23-12)26-7-2-8-28-11-17(26)15-6-3-13(10-16(15)21)19(27)24-14-4-5-14;1-11-8-16(22-18(20)21-11)23-6-3-7-26-10-15(23)13-5-4-12(9-14(13)19)17(24)25-2;1-10-7-15(21-17(19)20-10)22-5-2-6-25-9-14(22)12-4-3-11(16(23)24)8-13(12)18;1-17-13(16)9-3-4-10(11(14)7-9)12-8-18-6-2-5-15-12;1-13-9(12)6-2-3-7(5-11)8(10)4-6/h3,6,9-10,14,17H,2,4-5,7-8,11H2,1H3,(H,24,27)(H2,22,23,25);4-5,8-9,15H,3,6-7,10H2,1-2H3,(H2,20,21,22);3-4,7-8,14H,2,5-6,9H2,1H3,(H,23,24)(H2,19,20,21);3-4,7,12,15H,2,5-6,8H2,1H3;2-5H,1H3. The van der Waals surface area contributed by atoms with Gasteiger partial charge in [-0.05, 0) is 155 Å². The summed E-state index contributed by atoms with van der Waals surface area (Å²) < 4.78 is 36.7. The Morgan fingerprint density at radius 1 is 0.473 bits per heavy atom. The van der Waals surface area contributed by atoms with Gasteiger partial charge in [0.2, 0.25) is 17.8 Å². The van der Waals surface area contributed by atoms with E-state index in [2.05, 4.69) is 64.7 Å². The second-order valence-corrected chi connectivity index (χ2v) is 27.9. The number of hydrogen-bond donors (Lipinski definition) is 6. The lowest BCUT2D eigenvalue weighted by Crippen LogP contribution is -2.32. The smallest absolute Gasteiger partial charge is 0.337 e. The molecule has 4 atom stereocenters. The third kappa shape index (κ3) is 23.5. The molecule has 1 saturated carbocycles. The van der Waals surface area contributed by atoms with Crippen molar-refractivity contribution in [3.05, 3.63) is 207 Å². The summed E-state index contributed by atoms with van der Waals surface area (Å²) >= 11 is 31.4. The molecule has 33 heteroatoms. The normalized spacial score (nSPS) is 17.8. The van der Waals surface area contributed by atoms with Crippen LogP contribution in [0.15, 0.2) is 109 Å². The van der Waals surface area contributed by atoms with Crippen LogP contribution in [-0.2, 0) is 33.2 Å². The highest BCUT2D eigenvalue weighted by Gasteiger charge is 2.32. The van der Waals surface area contributed by atoms with Crippen molar-refractivity contribution in [2.75, 3.05) is 132 Å². The number of carbonyl (C=O) groups is 6. The van der Waals surface area contributed by atoms with Crippen LogP contribution in [0.3, 0.4) is 0 Å². The van der Waals surface area contributed by atoms with Crippen LogP contribution in [0.1, 0.15) is 164 Å². The quantitative estimate of drug-likeness (QED) is 0.0334. The molecule has 13 rings (SSSR count). The van der Waals surface area contributed by atoms with Gasteiger partial charge >= 0.3 is 23.9 Å². The summed E-state index contributed by atoms with van der Waals surface area (Å²) in [6, 6.07) is 30.5. The van der Waals surface area contributed by atoms with Gasteiger partial charge < -0.3 is 80.8 Å². The summed E-state index contributed by atoms with van der Waals surface area (Å²) in [5.74, 6) is 0.522. The molecule has 1 amide bonds. The highest BCUT2D eigenvalue weighted by molar-refractivity contribution is 6.34. The molecule has 110 heavy (non-hydrogen) atoms. The first-order valence-corrected chi connectivity index (χ1v) is 37.2. The number of aromatic carboxylic acids is 1. The van der Waals surface area contributed by atoms with Gasteiger partial charge in [-0.3, -0.25) is 9.59 Å². The summed E-state index contributed by atoms with van der Waals surface area (Å²) in [6.45, 7) is 13.5. The van der Waals surface area contributed by atoms with E-state index in [0.29, 0.717) is 112 Å². The van der Waals surface area contributed by atoms with E-state index >= 15 is 0 Å². The molecule has 4 unspecified atom stereocenters. The number of aromatic nitrogens is 6. The topological polar surface area (TPSA) is 376 Å². The molecule has 1 aliphatic carbocycles. The van der Waals surface area contributed by atoms with Crippen LogP contribution in [0.2, 0.25) is 25.1 Å². The molecular formula is C77H87Cl5N14O14. The first-order valence-electron chi connectivity index (χ1n) is 35.3. The third-order valence-corrected chi connectivity index (χ3v) is 19.5. The number of aryl methyl sites for hydroxylation is 3. The van der Waals surface area contributed by atoms with Crippen molar-refractivity contribution in [1.29, 1.82) is 0 Å². The Morgan fingerprint density at radius 3 is 1.18 bits per heavy atom. The number of methoxy groups -OCH3 is 3. The first kappa shape index (κ1) is 84.4. The number of carbonyl (C=O) groups excluding carboxylic acids is 5. The number of amides is 1. The van der Waals surface area contributed by atoms with Gasteiger partial charge in [-0.2, -0.15) is 15.0 Å². The molecule has 8 aromatic rings. The van der Waals surface area contributed by atoms with Crippen LogP contribution >= 0.6 is 58.0 Å². The van der Waals surface area contributed by atoms with Gasteiger partial charge in [0.05, 0.1) is 99.2 Å². The maximum Gasteiger partial charge on any atom is 0.337 e. The first-order chi connectivity index (χ1) is 52.9. The van der Waals surface area contributed by atoms with Crippen LogP contribution in [0, 0.1) is 20.8 Å². The van der Waals surface area contributed by atoms with E-state index in [-0.39, 0.29) is 64.5 Å². The van der Waals surface area contributed by atoms with Gasteiger partial charge in [0.25, 0.3) is 5.91 Å². The second-order valence-electron chi connectivity index (χ2n) is 25.9. The number of esters is 3. The molecule has 4 aliphatic heterocycles. The number of nitrogen functional groups attached to an aromatic ring is 3. The molecule has 5 aromatic carbocycles. The number of nitrogens with two attached hydrogens (primary N) is 3. The van der Waals surface area contributed by atoms with Crippen molar-refractivity contribution >= 4 is 129 Å². The molecule has 3 aromatic heterocycles. The lowest BCUT2D eigenvalue weighted by atomic mass is 10.0. The number of hydrogen-bond acceptors (Lipinski definition) is 26. The van der Waals surface area contributed by atoms with Gasteiger partial charge in [0.1, 0.15) is 17.5 Å². The minimum absolute atomic E-state index is 0.0756. The summed E-state index contributed by atoms with van der Waals surface area (Å²) in [5, 5.41) is 17.7. The lowest BCUT2D eigenvalue weighted by molar-refractivity contribution is 0.0592. The Balaban J connectivity index is 0.000000162. The fourth-order valence-corrected chi connectivity index (χ4v) is 13.8. The molecule has 584 valence electrons. The molecule has 4 saturated heterocycles. The van der Waals surface area contributed by atoms with Gasteiger partial charge in [0.15, 0.2) is 6.29 Å². The molecule has 28 nitrogen and oxygen atoms in total. The number of benzene rings is 5. The van der Waals surface area contributed by atoms with E-state index in [1.807, 2.05) is 63.2 Å². The zero-order chi connectivity index (χ0) is 79.1. The number of nitrogens with one attached hydrogen (secondary N) is 2. The SMILES string of the molecule is COC(=O)c1ccc(C2COCCCN2)c(Cl)c1.COC(=O)c1ccc(C2COCCCN2c2cc(C)nc(N)n2)c(Cl)c1.COC(=O)c1ccc(C=O)c(Cl)c1.Cc1cc(N2CCCOCC2c2ccc(C(=O)NC3CC3)cc2Cl)nc(N)n1.Cc1cc(N2CCCOCC2c2ccc(C(=O)O)cc2Cl)nc(N)n1. The Kier molecular flexibility index (Phi) is 31.4. The highest BCUT2D eigenvalue weighted by atomic mass is 35.5. The van der Waals surface area contributed by atoms with Crippen molar-refractivity contribution in [3.8, 4) is 0 Å². The van der Waals surface area contributed by atoms with Gasteiger partial charge in [-0.1, -0.05) is 82.3 Å². The maximum absolute atomic E-state index is 12.3. The van der Waals surface area contributed by atoms with Crippen molar-refractivity contribution in [2.45, 2.75) is 89.5 Å². The Labute approximate surface area is 661 Å². The Morgan fingerprint density at radius 2 is 0.818 bits per heavy atom. The largest absolute Gasteiger partial charge is 0.478 e. The summed E-state index contributed by atoms with van der Waals surface area (Å²) in [6.07, 6.45) is 6.29. The number of carboxylic acid groups (broad SMARTS) is 1. The summed E-state index contributed by atoms with van der Waals surface area (Å²) in [7, 11) is 3.97. The van der Waals surface area contributed by atoms with Crippen molar-refractivity contribution in [1.82, 2.24) is 40.5 Å². The van der Waals surface area contributed by atoms with E-state index in [1.54, 1.807) is 42.5 Å². The minimum Gasteiger partial charge on any atom is -0.478 e. The van der Waals surface area contributed by atoms with Crippen LogP contribution in [0.4, 0.5) is 35.3 Å². The Hall–Kier alpha value is -9.59. The van der Waals surface area contributed by atoms with Crippen molar-refractivity contribution < 1.29 is 67.0 Å². The number of halogens is 5. The van der Waals surface area contributed by atoms with Gasteiger partial charge in [-0.15, -0.1) is 0 Å². The van der Waals surface area contributed by atoms with E-state index < -0.39 is 17.9 Å². The number of nitrogens with zero attached hydrogens (tertiary/aromatic N) is 9. The summed E-state index contributed by atoms with van der Waals surface area (Å²) in [5.41, 5.74) is 25.7. The molecule has 9 N–H and O–H groups in total. The second kappa shape index (κ2) is 40.9. The van der Waals surface area contributed by atoms with Crippen molar-refractivity contribution in [2.24, 2.45) is 0 Å². The van der Waals surface area contributed by atoms with Crippen LogP contribution in [-0.4, -0.2) is 177 Å². The number of ether oxygens (including phenoxy) is 7. The van der Waals surface area contributed by atoms with E-state index in [9.17, 15) is 28.8 Å². The molecular weight excluding hydrogens is 1520 g/mol. The fraction of sp³-hybridized carbons (Fsp3) is 0.377. The molecule has 0 bridgehead atoms. The predicted molar refractivity (Wildman–Crippen MR) is 420 cm³/mol. The van der Waals surface area contributed by atoms with E-state index in [4.69, 9.17) is 104 Å². The third-order valence-electron chi connectivity index (χ3n) is 17.9. The molecule has 5 fully saturated rings. The number of aldehydes is 1. The summed E-state index contributed by atoms with van der Waals surface area (Å²) in [4.78, 5) is 99.9. The van der Waals surface area contributed by atoms with Gasteiger partial charge in [0, 0.05) is 119 Å². The zero-order valence-corrected chi connectivity index (χ0v) is 65.3. The molecule has 0 spiro atoms. The van der Waals surface area contributed by atoms with E-state index in [0.717, 1.165) is 122 Å². The average Bonchev–Trinajstić information content (AvgIpc) is 1.32. The average molecular weight is 1610 g/mol. The van der Waals surface area contributed by atoms with E-state index in [1.165, 1.54) is 45.6 Å². The predicted octanol–water partition coefficient (Wildman–Crippen LogP) is 12.5. The Bertz CT molecular complexity index is 4500. The number of anilines is 6. The lowest BCUT2D eigenvalue weighted by Gasteiger charge is -2.31. The number of rotatable bonds is 14. The minimum atomic E-state index is -1.01. The fourth-order valence-electron chi connectivity index (χ4n) is 12.3. The number of carboxylic acids is 1. The zero-order valence-electron chi connectivity index (χ0n) is 61.5. The molecule has 7 heterocycles. The van der Waals surface area contributed by atoms with Crippen LogP contribution in [0.25, 0.3) is 0 Å². The molecule has 0 radical (unpaired) electrons. The molecule has 5 aliphatic rings. The maximum atomic E-state index is 12.3. The van der Waals surface area contributed by atoms with Gasteiger partial charge in [-0.25, -0.2) is 34.1 Å². The monoisotopic (exact) mass is 1610 g/mol. The highest BCUT2D eigenvalue weighted by Crippen LogP contribution is 2.38. The van der Waals surface area contributed by atoms with Crippen LogP contribution < -0.4 is 42.5 Å². The van der Waals surface area contributed by atoms with Crippen LogP contribution in [0.5, 0.6) is 0 Å².